The van der Waals surface area contributed by atoms with Crippen LogP contribution in [0.25, 0.3) is 0 Å². The van der Waals surface area contributed by atoms with Crippen LogP contribution in [0, 0.1) is 6.92 Å². The van der Waals surface area contributed by atoms with Crippen LogP contribution < -0.4 is 10.1 Å². The second-order valence-electron chi connectivity index (χ2n) is 5.01. The molecule has 2 aromatic carbocycles. The van der Waals surface area contributed by atoms with E-state index in [4.69, 9.17) is 4.74 Å². The minimum absolute atomic E-state index is 0.798. The predicted molar refractivity (Wildman–Crippen MR) is 85.4 cm³/mol. The molecule has 0 radical (unpaired) electrons. The highest BCUT2D eigenvalue weighted by Gasteiger charge is 1.98. The van der Waals surface area contributed by atoms with Crippen molar-refractivity contribution in [2.45, 2.75) is 33.2 Å². The Morgan fingerprint density at radius 1 is 1.00 bits per heavy atom. The second-order valence-corrected chi connectivity index (χ2v) is 5.01. The zero-order valence-corrected chi connectivity index (χ0v) is 12.4. The van der Waals surface area contributed by atoms with E-state index in [0.29, 0.717) is 0 Å². The van der Waals surface area contributed by atoms with Gasteiger partial charge < -0.3 is 10.1 Å². The van der Waals surface area contributed by atoms with E-state index in [-0.39, 0.29) is 0 Å². The molecular formula is C18H23NO. The molecule has 0 aliphatic rings. The van der Waals surface area contributed by atoms with Crippen molar-refractivity contribution in [1.29, 1.82) is 0 Å². The van der Waals surface area contributed by atoms with Crippen LogP contribution in [0.5, 0.6) is 5.75 Å². The maximum atomic E-state index is 5.66. The first-order valence-corrected chi connectivity index (χ1v) is 7.31. The summed E-state index contributed by atoms with van der Waals surface area (Å²) in [6, 6.07) is 16.6. The number of anilines is 1. The number of hydrogen-bond acceptors (Lipinski definition) is 2. The summed E-state index contributed by atoms with van der Waals surface area (Å²) in [4.78, 5) is 0. The molecule has 0 bridgehead atoms. The third-order valence-electron chi connectivity index (χ3n) is 3.37. The van der Waals surface area contributed by atoms with E-state index in [2.05, 4.69) is 55.6 Å². The van der Waals surface area contributed by atoms with Gasteiger partial charge >= 0.3 is 0 Å². The Kier molecular flexibility index (Phi) is 5.48. The summed E-state index contributed by atoms with van der Waals surface area (Å²) in [5.74, 6) is 0.944. The Labute approximate surface area is 121 Å². The zero-order valence-electron chi connectivity index (χ0n) is 12.4. The smallest absolute Gasteiger partial charge is 0.119 e. The fraction of sp³-hybridized carbons (Fsp3) is 0.333. The Bertz CT molecular complexity index is 519. The van der Waals surface area contributed by atoms with Crippen molar-refractivity contribution in [3.8, 4) is 5.75 Å². The number of unbranched alkanes of at least 4 members (excludes halogenated alkanes) is 1. The van der Waals surface area contributed by atoms with Gasteiger partial charge in [0.25, 0.3) is 0 Å². The molecule has 0 fully saturated rings. The van der Waals surface area contributed by atoms with Crippen molar-refractivity contribution in [2.24, 2.45) is 0 Å². The van der Waals surface area contributed by atoms with Crippen LogP contribution in [0.1, 0.15) is 30.9 Å². The Morgan fingerprint density at radius 3 is 2.45 bits per heavy atom. The molecule has 0 aromatic heterocycles. The van der Waals surface area contributed by atoms with Crippen LogP contribution in [-0.2, 0) is 6.54 Å². The minimum atomic E-state index is 0.798. The maximum Gasteiger partial charge on any atom is 0.119 e. The molecule has 0 atom stereocenters. The third kappa shape index (κ3) is 4.30. The average molecular weight is 269 g/mol. The summed E-state index contributed by atoms with van der Waals surface area (Å²) < 4.78 is 5.66. The lowest BCUT2D eigenvalue weighted by atomic mass is 10.1. The molecule has 106 valence electrons. The third-order valence-corrected chi connectivity index (χ3v) is 3.37. The van der Waals surface area contributed by atoms with Gasteiger partial charge in [-0.2, -0.15) is 0 Å². The number of hydrogen-bond donors (Lipinski definition) is 1. The number of rotatable bonds is 7. The number of nitrogens with one attached hydrogen (secondary N) is 1. The monoisotopic (exact) mass is 269 g/mol. The van der Waals surface area contributed by atoms with E-state index < -0.39 is 0 Å². The molecule has 0 unspecified atom stereocenters. The maximum absolute atomic E-state index is 5.66. The largest absolute Gasteiger partial charge is 0.494 e. The van der Waals surface area contributed by atoms with E-state index in [1.165, 1.54) is 11.1 Å². The quantitative estimate of drug-likeness (QED) is 0.730. The lowest BCUT2D eigenvalue weighted by molar-refractivity contribution is 0.309. The summed E-state index contributed by atoms with van der Waals surface area (Å²) in [5, 5.41) is 3.44. The first-order chi connectivity index (χ1) is 9.79. The molecule has 0 heterocycles. The first kappa shape index (κ1) is 14.4. The van der Waals surface area contributed by atoms with Gasteiger partial charge in [-0.1, -0.05) is 37.6 Å². The summed E-state index contributed by atoms with van der Waals surface area (Å²) in [6.07, 6.45) is 2.27. The molecule has 2 aromatic rings. The molecule has 2 heteroatoms. The van der Waals surface area contributed by atoms with E-state index in [0.717, 1.165) is 37.4 Å². The normalized spacial score (nSPS) is 10.3. The van der Waals surface area contributed by atoms with Gasteiger partial charge in [0.05, 0.1) is 6.61 Å². The standard InChI is InChI=1S/C18H23NO/c1-3-4-13-20-18-11-9-17(10-12-18)19-14-16-8-6-5-7-15(16)2/h5-12,19H,3-4,13-14H2,1-2H3. The summed E-state index contributed by atoms with van der Waals surface area (Å²) in [5.41, 5.74) is 3.77. The lowest BCUT2D eigenvalue weighted by Gasteiger charge is -2.10. The summed E-state index contributed by atoms with van der Waals surface area (Å²) >= 11 is 0. The summed E-state index contributed by atoms with van der Waals surface area (Å²) in [7, 11) is 0. The van der Waals surface area contributed by atoms with Gasteiger partial charge in [0.15, 0.2) is 0 Å². The molecule has 2 nitrogen and oxygen atoms in total. The van der Waals surface area contributed by atoms with Crippen LogP contribution in [0.2, 0.25) is 0 Å². The number of ether oxygens (including phenoxy) is 1. The first-order valence-electron chi connectivity index (χ1n) is 7.31. The van der Waals surface area contributed by atoms with Crippen LogP contribution in [-0.4, -0.2) is 6.61 Å². The fourth-order valence-corrected chi connectivity index (χ4v) is 2.01. The van der Waals surface area contributed by atoms with Gasteiger partial charge in [-0.15, -0.1) is 0 Å². The molecule has 0 amide bonds. The van der Waals surface area contributed by atoms with Gasteiger partial charge in [-0.25, -0.2) is 0 Å². The molecule has 0 saturated carbocycles. The number of aryl methyl sites for hydroxylation is 1. The summed E-state index contributed by atoms with van der Waals surface area (Å²) in [6.45, 7) is 5.96. The minimum Gasteiger partial charge on any atom is -0.494 e. The van der Waals surface area contributed by atoms with Crippen molar-refractivity contribution in [3.63, 3.8) is 0 Å². The molecule has 0 saturated heterocycles. The van der Waals surface area contributed by atoms with E-state index in [1.54, 1.807) is 0 Å². The van der Waals surface area contributed by atoms with Crippen LogP contribution in [0.15, 0.2) is 48.5 Å². The van der Waals surface area contributed by atoms with Gasteiger partial charge in [-0.3, -0.25) is 0 Å². The molecule has 1 N–H and O–H groups in total. The highest BCUT2D eigenvalue weighted by Crippen LogP contribution is 2.17. The van der Waals surface area contributed by atoms with Gasteiger partial charge in [-0.05, 0) is 48.7 Å². The van der Waals surface area contributed by atoms with Crippen LogP contribution in [0.4, 0.5) is 5.69 Å². The van der Waals surface area contributed by atoms with E-state index in [9.17, 15) is 0 Å². The molecular weight excluding hydrogens is 246 g/mol. The Hall–Kier alpha value is -1.96. The molecule has 20 heavy (non-hydrogen) atoms. The van der Waals surface area contributed by atoms with E-state index >= 15 is 0 Å². The SMILES string of the molecule is CCCCOc1ccc(NCc2ccccc2C)cc1. The Morgan fingerprint density at radius 2 is 1.75 bits per heavy atom. The molecule has 0 aliphatic carbocycles. The predicted octanol–water partition coefficient (Wildman–Crippen LogP) is 4.79. The zero-order chi connectivity index (χ0) is 14.2. The van der Waals surface area contributed by atoms with Crippen LogP contribution >= 0.6 is 0 Å². The molecule has 2 rings (SSSR count). The van der Waals surface area contributed by atoms with Crippen molar-refractivity contribution in [2.75, 3.05) is 11.9 Å². The van der Waals surface area contributed by atoms with Gasteiger partial charge in [0.2, 0.25) is 0 Å². The highest BCUT2D eigenvalue weighted by molar-refractivity contribution is 5.47. The molecule has 0 aliphatic heterocycles. The van der Waals surface area contributed by atoms with Crippen LogP contribution in [0.3, 0.4) is 0 Å². The number of benzene rings is 2. The average Bonchev–Trinajstić information content (AvgIpc) is 2.48. The van der Waals surface area contributed by atoms with E-state index in [1.807, 2.05) is 12.1 Å². The lowest BCUT2D eigenvalue weighted by Crippen LogP contribution is -2.01. The van der Waals surface area contributed by atoms with Crippen molar-refractivity contribution in [3.05, 3.63) is 59.7 Å². The Balaban J connectivity index is 1.86. The highest BCUT2D eigenvalue weighted by atomic mass is 16.5. The van der Waals surface area contributed by atoms with Crippen molar-refractivity contribution >= 4 is 5.69 Å². The van der Waals surface area contributed by atoms with Crippen molar-refractivity contribution < 1.29 is 4.74 Å². The fourth-order valence-electron chi connectivity index (χ4n) is 2.01. The van der Waals surface area contributed by atoms with Crippen molar-refractivity contribution in [1.82, 2.24) is 0 Å². The van der Waals surface area contributed by atoms with Gasteiger partial charge in [0, 0.05) is 12.2 Å². The topological polar surface area (TPSA) is 21.3 Å². The second kappa shape index (κ2) is 7.59. The molecule has 0 spiro atoms. The van der Waals surface area contributed by atoms with Gasteiger partial charge in [0.1, 0.15) is 5.75 Å².